The Hall–Kier alpha value is -1.55. The summed E-state index contributed by atoms with van der Waals surface area (Å²) in [6.45, 7) is 1.42. The third-order valence-electron chi connectivity index (χ3n) is 3.19. The van der Waals surface area contributed by atoms with E-state index in [9.17, 15) is 39.5 Å². The van der Waals surface area contributed by atoms with E-state index in [0.717, 1.165) is 0 Å². The van der Waals surface area contributed by atoms with Crippen LogP contribution in [0.2, 0.25) is 0 Å². The van der Waals surface area contributed by atoms with Crippen molar-refractivity contribution >= 4 is 0 Å². The van der Waals surface area contributed by atoms with Crippen molar-refractivity contribution in [3.8, 4) is 5.69 Å². The van der Waals surface area contributed by atoms with Gasteiger partial charge in [0.25, 0.3) is 0 Å². The van der Waals surface area contributed by atoms with Gasteiger partial charge in [-0.3, -0.25) is 4.68 Å². The van der Waals surface area contributed by atoms with Crippen LogP contribution in [0.4, 0.5) is 39.5 Å². The third kappa shape index (κ3) is 4.59. The van der Waals surface area contributed by atoms with Crippen LogP contribution >= 0.6 is 0 Å². The van der Waals surface area contributed by atoms with Gasteiger partial charge >= 0.3 is 18.5 Å². The molecule has 0 aliphatic carbocycles. The minimum Gasteiger partial charge on any atom is -0.253 e. The van der Waals surface area contributed by atoms with Crippen LogP contribution in [0.5, 0.6) is 0 Å². The van der Waals surface area contributed by atoms with Gasteiger partial charge in [0.2, 0.25) is 0 Å². The van der Waals surface area contributed by atoms with Gasteiger partial charge in [0, 0.05) is 20.1 Å². The van der Waals surface area contributed by atoms with E-state index in [2.05, 4.69) is 11.2 Å². The van der Waals surface area contributed by atoms with Crippen molar-refractivity contribution in [3.63, 3.8) is 0 Å². The molecule has 2 aromatic rings. The van der Waals surface area contributed by atoms with Crippen LogP contribution in [0.25, 0.3) is 5.69 Å². The summed E-state index contributed by atoms with van der Waals surface area (Å²) in [5.74, 6) is 0. The van der Waals surface area contributed by atoms with Crippen LogP contribution in [0.15, 0.2) is 18.3 Å². The van der Waals surface area contributed by atoms with E-state index in [4.69, 9.17) is 0 Å². The molecule has 26 heavy (non-hydrogen) atoms. The molecule has 1 aromatic heterocycles. The molecule has 0 bridgehead atoms. The number of rotatable bonds is 2. The molecule has 0 atom stereocenters. The number of alkyl halides is 9. The Morgan fingerprint density at radius 1 is 0.923 bits per heavy atom. The smallest absolute Gasteiger partial charge is 0.253 e. The van der Waals surface area contributed by atoms with Crippen LogP contribution in [0.1, 0.15) is 29.3 Å². The van der Waals surface area contributed by atoms with Crippen LogP contribution in [-0.2, 0) is 45.1 Å². The summed E-state index contributed by atoms with van der Waals surface area (Å²) in [7, 11) is 0. The zero-order valence-corrected chi connectivity index (χ0v) is 15.0. The number of benzene rings is 1. The molecule has 1 radical (unpaired) electrons. The van der Waals surface area contributed by atoms with E-state index >= 15 is 0 Å². The van der Waals surface area contributed by atoms with Crippen molar-refractivity contribution < 1.29 is 59.6 Å². The van der Waals surface area contributed by atoms with Crippen LogP contribution in [-0.4, -0.2) is 9.78 Å². The van der Waals surface area contributed by atoms with Gasteiger partial charge in [-0.2, -0.15) is 62.3 Å². The summed E-state index contributed by atoms with van der Waals surface area (Å²) in [6.07, 6.45) is -15.9. The standard InChI is InChI=1S/C14H8F9N2.Ir/c1-2-7-3-8(12(15,16)17)5-9(4-7)25-11(14(21,22)23)10(6-24-25)13(18,19)20;/h3,5-6H,2H2,1H3;/q-1;. The maximum atomic E-state index is 13.1. The zero-order chi connectivity index (χ0) is 19.2. The summed E-state index contributed by atoms with van der Waals surface area (Å²) in [5.41, 5.74) is -6.62. The molecule has 1 heterocycles. The number of hydrogen-bond donors (Lipinski definition) is 0. The summed E-state index contributed by atoms with van der Waals surface area (Å²) < 4.78 is 116. The van der Waals surface area contributed by atoms with Crippen molar-refractivity contribution in [1.29, 1.82) is 0 Å². The Morgan fingerprint density at radius 2 is 1.50 bits per heavy atom. The van der Waals surface area contributed by atoms with Gasteiger partial charge in [0.15, 0.2) is 5.69 Å². The van der Waals surface area contributed by atoms with Gasteiger partial charge in [-0.1, -0.05) is 18.9 Å². The van der Waals surface area contributed by atoms with Gasteiger partial charge in [0.05, 0.1) is 6.20 Å². The number of hydrogen-bond acceptors (Lipinski definition) is 1. The molecular formula is C14H8F9IrN2-. The monoisotopic (exact) mass is 568 g/mol. The molecule has 0 fully saturated rings. The van der Waals surface area contributed by atoms with Gasteiger partial charge in [-0.15, -0.1) is 6.07 Å². The number of nitrogens with zero attached hydrogens (tertiary/aromatic N) is 2. The van der Waals surface area contributed by atoms with Crippen molar-refractivity contribution in [2.75, 3.05) is 0 Å². The van der Waals surface area contributed by atoms with Crippen molar-refractivity contribution in [2.24, 2.45) is 0 Å². The van der Waals surface area contributed by atoms with Gasteiger partial charge in [0.1, 0.15) is 5.56 Å². The first-order chi connectivity index (χ1) is 11.2. The largest absolute Gasteiger partial charge is 0.434 e. The van der Waals surface area contributed by atoms with Gasteiger partial charge < -0.3 is 0 Å². The number of halogens is 9. The molecule has 0 saturated carbocycles. The Kier molecular flexibility index (Phi) is 6.25. The van der Waals surface area contributed by atoms with E-state index in [-0.39, 0.29) is 49.0 Å². The molecule has 12 heteroatoms. The van der Waals surface area contributed by atoms with Crippen LogP contribution in [0, 0.1) is 6.07 Å². The van der Waals surface area contributed by atoms with E-state index in [1.807, 2.05) is 0 Å². The maximum absolute atomic E-state index is 13.1. The molecular weight excluding hydrogens is 559 g/mol. The van der Waals surface area contributed by atoms with Crippen LogP contribution in [0.3, 0.4) is 0 Å². The Balaban J connectivity index is 0.00000338. The molecule has 2 nitrogen and oxygen atoms in total. The maximum Gasteiger partial charge on any atom is 0.434 e. The molecule has 0 aliphatic rings. The second-order valence-electron chi connectivity index (χ2n) is 4.94. The predicted octanol–water partition coefficient (Wildman–Crippen LogP) is 5.29. The first kappa shape index (κ1) is 22.5. The van der Waals surface area contributed by atoms with Crippen LogP contribution < -0.4 is 0 Å². The van der Waals surface area contributed by atoms with E-state index in [1.165, 1.54) is 6.92 Å². The molecule has 147 valence electrons. The molecule has 0 spiro atoms. The van der Waals surface area contributed by atoms with Crippen molar-refractivity contribution in [1.82, 2.24) is 9.78 Å². The first-order valence-corrected chi connectivity index (χ1v) is 6.61. The minimum atomic E-state index is -5.49. The van der Waals surface area contributed by atoms with Gasteiger partial charge in [-0.25, -0.2) is 0 Å². The average molecular weight is 567 g/mol. The van der Waals surface area contributed by atoms with E-state index < -0.39 is 41.0 Å². The zero-order valence-electron chi connectivity index (χ0n) is 12.6. The molecule has 2 rings (SSSR count). The molecule has 1 aromatic carbocycles. The van der Waals surface area contributed by atoms with Crippen molar-refractivity contribution in [2.45, 2.75) is 31.9 Å². The molecule has 0 aliphatic heterocycles. The Bertz CT molecular complexity index is 772. The average Bonchev–Trinajstić information content (AvgIpc) is 2.90. The molecule has 0 N–H and O–H groups in total. The topological polar surface area (TPSA) is 17.8 Å². The number of aromatic nitrogens is 2. The summed E-state index contributed by atoms with van der Waals surface area (Å²) in [6, 6.07) is 3.16. The fraction of sp³-hybridized carbons (Fsp3) is 0.357. The SMILES string of the molecule is CCc1[c-]c(-n2ncc(C(F)(F)F)c2C(F)(F)F)cc(C(F)(F)F)c1.[Ir]. The van der Waals surface area contributed by atoms with Crippen molar-refractivity contribution in [3.05, 3.63) is 46.8 Å². The quantitative estimate of drug-likeness (QED) is 0.357. The Morgan fingerprint density at radius 3 is 1.92 bits per heavy atom. The van der Waals surface area contributed by atoms with E-state index in [1.54, 1.807) is 0 Å². The van der Waals surface area contributed by atoms with E-state index in [0.29, 0.717) is 6.07 Å². The molecule has 0 saturated heterocycles. The molecule has 0 amide bonds. The normalized spacial score (nSPS) is 12.8. The second kappa shape index (κ2) is 7.22. The van der Waals surface area contributed by atoms with Gasteiger partial charge in [-0.05, 0) is 5.69 Å². The summed E-state index contributed by atoms with van der Waals surface area (Å²) in [5, 5.41) is 3.00. The number of aryl methyl sites for hydroxylation is 1. The summed E-state index contributed by atoms with van der Waals surface area (Å²) in [4.78, 5) is 0. The second-order valence-corrected chi connectivity index (χ2v) is 4.94. The fourth-order valence-corrected chi connectivity index (χ4v) is 2.09. The fourth-order valence-electron chi connectivity index (χ4n) is 2.09. The summed E-state index contributed by atoms with van der Waals surface area (Å²) >= 11 is 0. The minimum absolute atomic E-state index is 0. The third-order valence-corrected chi connectivity index (χ3v) is 3.19. The Labute approximate surface area is 154 Å². The molecule has 0 unspecified atom stereocenters. The predicted molar refractivity (Wildman–Crippen MR) is 66.8 cm³/mol. The first-order valence-electron chi connectivity index (χ1n) is 6.61.